The van der Waals surface area contributed by atoms with Gasteiger partial charge in [-0.25, -0.2) is 4.99 Å². The van der Waals surface area contributed by atoms with Crippen LogP contribution in [0, 0.1) is 0 Å². The molecule has 1 heterocycles. The largest absolute Gasteiger partial charge is 0.507 e. The lowest BCUT2D eigenvalue weighted by molar-refractivity contribution is -0.137. The van der Waals surface area contributed by atoms with Gasteiger partial charge in [-0.1, -0.05) is 17.3 Å². The van der Waals surface area contributed by atoms with Crippen LogP contribution in [0.15, 0.2) is 52.7 Å². The van der Waals surface area contributed by atoms with Crippen molar-refractivity contribution in [2.24, 2.45) is 10.1 Å². The van der Waals surface area contributed by atoms with E-state index in [0.717, 1.165) is 12.1 Å². The molecular formula is C15H12F3N3O2. The van der Waals surface area contributed by atoms with Crippen LogP contribution >= 0.6 is 0 Å². The summed E-state index contributed by atoms with van der Waals surface area (Å²) in [6.45, 7) is 0. The Balaban J connectivity index is 2.29. The smallest absolute Gasteiger partial charge is 0.417 e. The molecule has 120 valence electrons. The van der Waals surface area contributed by atoms with Crippen molar-refractivity contribution in [3.05, 3.63) is 59.4 Å². The second kappa shape index (κ2) is 6.91. The normalized spacial score (nSPS) is 12.6. The maximum Gasteiger partial charge on any atom is 0.417 e. The number of oxime groups is 1. The SMILES string of the molecule is CO/N=C(\N=Cc1ccccc1O)c1ccc(C(F)(F)F)cn1. The van der Waals surface area contributed by atoms with Crippen molar-refractivity contribution in [3.63, 3.8) is 0 Å². The molecule has 0 saturated carbocycles. The van der Waals surface area contributed by atoms with Crippen LogP contribution < -0.4 is 0 Å². The van der Waals surface area contributed by atoms with E-state index in [2.05, 4.69) is 20.0 Å². The van der Waals surface area contributed by atoms with Gasteiger partial charge >= 0.3 is 6.18 Å². The lowest BCUT2D eigenvalue weighted by Gasteiger charge is -2.06. The number of phenols is 1. The van der Waals surface area contributed by atoms with E-state index < -0.39 is 11.7 Å². The summed E-state index contributed by atoms with van der Waals surface area (Å²) in [5.41, 5.74) is -0.350. The Morgan fingerprint density at radius 3 is 2.52 bits per heavy atom. The lowest BCUT2D eigenvalue weighted by Crippen LogP contribution is -2.08. The summed E-state index contributed by atoms with van der Waals surface area (Å²) in [6, 6.07) is 8.46. The van der Waals surface area contributed by atoms with Crippen molar-refractivity contribution >= 4 is 12.1 Å². The van der Waals surface area contributed by atoms with Gasteiger partial charge in [0.1, 0.15) is 18.6 Å². The zero-order valence-corrected chi connectivity index (χ0v) is 11.9. The molecule has 0 spiro atoms. The number of para-hydroxylation sites is 1. The number of amidine groups is 1. The van der Waals surface area contributed by atoms with Crippen molar-refractivity contribution in [1.82, 2.24) is 4.98 Å². The number of hydrogen-bond acceptors (Lipinski definition) is 4. The van der Waals surface area contributed by atoms with Gasteiger partial charge in [0, 0.05) is 18.0 Å². The molecule has 8 heteroatoms. The van der Waals surface area contributed by atoms with Crippen LogP contribution in [0.1, 0.15) is 16.8 Å². The number of aliphatic imine (C=N–C) groups is 1. The average molecular weight is 323 g/mol. The Labute approximate surface area is 129 Å². The predicted octanol–water partition coefficient (Wildman–Crippen LogP) is 3.23. The number of benzene rings is 1. The van der Waals surface area contributed by atoms with E-state index in [1.165, 1.54) is 19.4 Å². The molecule has 2 aromatic rings. The van der Waals surface area contributed by atoms with Gasteiger partial charge in [-0.3, -0.25) is 4.98 Å². The molecule has 0 saturated heterocycles. The summed E-state index contributed by atoms with van der Waals surface area (Å²) in [5, 5.41) is 13.3. The Morgan fingerprint density at radius 2 is 1.96 bits per heavy atom. The minimum atomic E-state index is -4.47. The first-order valence-corrected chi connectivity index (χ1v) is 6.38. The standard InChI is InChI=1S/C15H12F3N3O2/c1-23-21-14(20-8-10-4-2-3-5-13(10)22)12-7-6-11(9-19-12)15(16,17)18/h2-9,22H,1H3/b20-8?,21-14-. The van der Waals surface area contributed by atoms with Gasteiger partial charge in [0.2, 0.25) is 5.84 Å². The Hall–Kier alpha value is -2.90. The molecule has 0 amide bonds. The van der Waals surface area contributed by atoms with Crippen LogP contribution in [0.5, 0.6) is 5.75 Å². The Bertz CT molecular complexity index is 725. The van der Waals surface area contributed by atoms with Crippen LogP contribution in [0.2, 0.25) is 0 Å². The number of rotatable bonds is 3. The quantitative estimate of drug-likeness (QED) is 0.536. The van der Waals surface area contributed by atoms with Crippen molar-refractivity contribution < 1.29 is 23.1 Å². The van der Waals surface area contributed by atoms with Gasteiger partial charge in [0.05, 0.1) is 5.56 Å². The number of hydrogen-bond donors (Lipinski definition) is 1. The van der Waals surface area contributed by atoms with E-state index in [1.54, 1.807) is 18.2 Å². The minimum absolute atomic E-state index is 0.00777. The first kappa shape index (κ1) is 16.5. The van der Waals surface area contributed by atoms with E-state index in [4.69, 9.17) is 0 Å². The second-order valence-electron chi connectivity index (χ2n) is 4.34. The first-order chi connectivity index (χ1) is 10.9. The zero-order chi connectivity index (χ0) is 16.9. The fourth-order valence-electron chi connectivity index (χ4n) is 1.64. The third-order valence-electron chi connectivity index (χ3n) is 2.76. The van der Waals surface area contributed by atoms with Crippen LogP contribution in [-0.2, 0) is 11.0 Å². The molecule has 0 radical (unpaired) electrons. The molecule has 5 nitrogen and oxygen atoms in total. The number of pyridine rings is 1. The molecule has 0 aliphatic carbocycles. The van der Waals surface area contributed by atoms with Gasteiger partial charge in [0.15, 0.2) is 0 Å². The summed E-state index contributed by atoms with van der Waals surface area (Å²) >= 11 is 0. The molecule has 0 bridgehead atoms. The predicted molar refractivity (Wildman–Crippen MR) is 78.5 cm³/mol. The molecule has 2 rings (SSSR count). The molecule has 1 aromatic heterocycles. The van der Waals surface area contributed by atoms with Crippen molar-refractivity contribution in [2.45, 2.75) is 6.18 Å². The fraction of sp³-hybridized carbons (Fsp3) is 0.133. The van der Waals surface area contributed by atoms with E-state index in [1.807, 2.05) is 0 Å². The summed E-state index contributed by atoms with van der Waals surface area (Å²) in [6.07, 6.45) is -2.47. The van der Waals surface area contributed by atoms with Gasteiger partial charge in [-0.2, -0.15) is 13.2 Å². The minimum Gasteiger partial charge on any atom is -0.507 e. The molecule has 23 heavy (non-hydrogen) atoms. The Kier molecular flexibility index (Phi) is 4.95. The fourth-order valence-corrected chi connectivity index (χ4v) is 1.64. The highest BCUT2D eigenvalue weighted by Crippen LogP contribution is 2.28. The lowest BCUT2D eigenvalue weighted by atomic mass is 10.2. The maximum absolute atomic E-state index is 12.5. The molecule has 0 aliphatic rings. The molecule has 0 unspecified atom stereocenters. The summed E-state index contributed by atoms with van der Waals surface area (Å²) in [5.74, 6) is -0.0159. The molecule has 1 aromatic carbocycles. The number of nitrogens with zero attached hydrogens (tertiary/aromatic N) is 3. The summed E-state index contributed by atoms with van der Waals surface area (Å²) < 4.78 is 37.6. The van der Waals surface area contributed by atoms with Crippen LogP contribution in [0.25, 0.3) is 0 Å². The molecular weight excluding hydrogens is 311 g/mol. The molecule has 0 fully saturated rings. The third-order valence-corrected chi connectivity index (χ3v) is 2.76. The van der Waals surface area contributed by atoms with E-state index in [0.29, 0.717) is 11.8 Å². The van der Waals surface area contributed by atoms with E-state index >= 15 is 0 Å². The second-order valence-corrected chi connectivity index (χ2v) is 4.34. The molecule has 0 aliphatic heterocycles. The van der Waals surface area contributed by atoms with Crippen molar-refractivity contribution in [2.75, 3.05) is 7.11 Å². The third kappa shape index (κ3) is 4.29. The highest BCUT2D eigenvalue weighted by atomic mass is 19.4. The van der Waals surface area contributed by atoms with Crippen LogP contribution in [0.3, 0.4) is 0 Å². The number of alkyl halides is 3. The van der Waals surface area contributed by atoms with Crippen molar-refractivity contribution in [1.29, 1.82) is 0 Å². The van der Waals surface area contributed by atoms with Gasteiger partial charge < -0.3 is 9.94 Å². The highest BCUT2D eigenvalue weighted by molar-refractivity contribution is 6.04. The van der Waals surface area contributed by atoms with Crippen molar-refractivity contribution in [3.8, 4) is 5.75 Å². The van der Waals surface area contributed by atoms with Gasteiger partial charge in [-0.15, -0.1) is 0 Å². The zero-order valence-electron chi connectivity index (χ0n) is 11.9. The first-order valence-electron chi connectivity index (χ1n) is 6.38. The van der Waals surface area contributed by atoms with E-state index in [9.17, 15) is 18.3 Å². The number of aromatic hydroxyl groups is 1. The topological polar surface area (TPSA) is 67.1 Å². The highest BCUT2D eigenvalue weighted by Gasteiger charge is 2.30. The number of halogens is 3. The maximum atomic E-state index is 12.5. The van der Waals surface area contributed by atoms with Gasteiger partial charge in [0.25, 0.3) is 0 Å². The van der Waals surface area contributed by atoms with Crippen LogP contribution in [-0.4, -0.2) is 29.3 Å². The van der Waals surface area contributed by atoms with Crippen LogP contribution in [0.4, 0.5) is 13.2 Å². The Morgan fingerprint density at radius 1 is 1.22 bits per heavy atom. The van der Waals surface area contributed by atoms with Gasteiger partial charge in [-0.05, 0) is 24.3 Å². The summed E-state index contributed by atoms with van der Waals surface area (Å²) in [4.78, 5) is 12.3. The summed E-state index contributed by atoms with van der Waals surface area (Å²) in [7, 11) is 1.28. The number of aromatic nitrogens is 1. The number of phenolic OH excluding ortho intramolecular Hbond substituents is 1. The molecule has 0 atom stereocenters. The monoisotopic (exact) mass is 323 g/mol. The average Bonchev–Trinajstić information content (AvgIpc) is 2.52. The molecule has 1 N–H and O–H groups in total. The van der Waals surface area contributed by atoms with E-state index in [-0.39, 0.29) is 17.3 Å².